The van der Waals surface area contributed by atoms with Crippen LogP contribution in [0.1, 0.15) is 19.4 Å². The van der Waals surface area contributed by atoms with Crippen LogP contribution in [0.15, 0.2) is 17.1 Å². The van der Waals surface area contributed by atoms with Gasteiger partial charge in [-0.15, -0.1) is 24.0 Å². The highest BCUT2D eigenvalue weighted by Crippen LogP contribution is 2.34. The second kappa shape index (κ2) is 10.4. The van der Waals surface area contributed by atoms with E-state index < -0.39 is 0 Å². The number of ether oxygens (including phenoxy) is 3. The van der Waals surface area contributed by atoms with Gasteiger partial charge in [0, 0.05) is 24.7 Å². The Morgan fingerprint density at radius 3 is 1.95 bits per heavy atom. The zero-order chi connectivity index (χ0) is 15.8. The first-order valence-electron chi connectivity index (χ1n) is 6.94. The molecule has 0 amide bonds. The Balaban J connectivity index is 0.00000441. The quantitative estimate of drug-likeness (QED) is 0.415. The lowest BCUT2D eigenvalue weighted by molar-refractivity contribution is 0.347. The summed E-state index contributed by atoms with van der Waals surface area (Å²) in [4.78, 5) is 6.41. The third-order valence-corrected chi connectivity index (χ3v) is 3.29. The van der Waals surface area contributed by atoms with E-state index in [0.717, 1.165) is 18.7 Å². The molecule has 0 bridgehead atoms. The number of guanidine groups is 1. The molecule has 1 rings (SSSR count). The van der Waals surface area contributed by atoms with Gasteiger partial charge in [-0.3, -0.25) is 0 Å². The standard InChI is InChI=1S/C15H25N3O3.HI/c1-6-18(7-2)15(16)17-10-11-8-13(20-4)14(21-5)9-12(11)19-3;/h8-9H,6-7,10H2,1-5H3,(H2,16,17);1H. The van der Waals surface area contributed by atoms with Crippen LogP contribution in [0.3, 0.4) is 0 Å². The fourth-order valence-corrected chi connectivity index (χ4v) is 2.03. The predicted molar refractivity (Wildman–Crippen MR) is 99.8 cm³/mol. The van der Waals surface area contributed by atoms with Gasteiger partial charge in [0.25, 0.3) is 0 Å². The number of methoxy groups -OCH3 is 3. The molecule has 0 fully saturated rings. The zero-order valence-electron chi connectivity index (χ0n) is 13.9. The largest absolute Gasteiger partial charge is 0.496 e. The molecule has 0 saturated heterocycles. The minimum Gasteiger partial charge on any atom is -0.496 e. The van der Waals surface area contributed by atoms with Crippen molar-refractivity contribution in [2.75, 3.05) is 34.4 Å². The van der Waals surface area contributed by atoms with Gasteiger partial charge >= 0.3 is 0 Å². The Morgan fingerprint density at radius 2 is 1.50 bits per heavy atom. The molecule has 0 radical (unpaired) electrons. The first-order valence-corrected chi connectivity index (χ1v) is 6.94. The monoisotopic (exact) mass is 423 g/mol. The molecule has 0 saturated carbocycles. The lowest BCUT2D eigenvalue weighted by Crippen LogP contribution is -2.37. The number of benzene rings is 1. The highest BCUT2D eigenvalue weighted by molar-refractivity contribution is 14.0. The minimum absolute atomic E-state index is 0. The Kier molecular flexibility index (Phi) is 9.71. The van der Waals surface area contributed by atoms with Gasteiger partial charge in [0.05, 0.1) is 27.9 Å². The number of hydrogen-bond acceptors (Lipinski definition) is 4. The van der Waals surface area contributed by atoms with E-state index in [0.29, 0.717) is 29.8 Å². The highest BCUT2D eigenvalue weighted by atomic mass is 127. The van der Waals surface area contributed by atoms with Crippen molar-refractivity contribution in [3.05, 3.63) is 17.7 Å². The maximum absolute atomic E-state index is 5.98. The number of nitrogens with two attached hydrogens (primary N) is 1. The van der Waals surface area contributed by atoms with Crippen molar-refractivity contribution >= 4 is 29.9 Å². The van der Waals surface area contributed by atoms with Gasteiger partial charge < -0.3 is 24.8 Å². The molecule has 22 heavy (non-hydrogen) atoms. The fourth-order valence-electron chi connectivity index (χ4n) is 2.03. The molecule has 1 aromatic carbocycles. The highest BCUT2D eigenvalue weighted by Gasteiger charge is 2.12. The van der Waals surface area contributed by atoms with Crippen molar-refractivity contribution in [3.63, 3.8) is 0 Å². The molecular formula is C15H26IN3O3. The van der Waals surface area contributed by atoms with Crippen LogP contribution < -0.4 is 19.9 Å². The normalized spacial score (nSPS) is 10.7. The van der Waals surface area contributed by atoms with E-state index in [1.165, 1.54) is 0 Å². The molecule has 0 aliphatic rings. The van der Waals surface area contributed by atoms with E-state index in [9.17, 15) is 0 Å². The first kappa shape index (κ1) is 20.6. The summed E-state index contributed by atoms with van der Waals surface area (Å²) in [6.45, 7) is 6.17. The summed E-state index contributed by atoms with van der Waals surface area (Å²) in [7, 11) is 4.80. The topological polar surface area (TPSA) is 69.3 Å². The van der Waals surface area contributed by atoms with Gasteiger partial charge in [0.1, 0.15) is 5.75 Å². The maximum Gasteiger partial charge on any atom is 0.191 e. The number of aliphatic imine (C=N–C) groups is 1. The molecule has 0 heterocycles. The van der Waals surface area contributed by atoms with Crippen LogP contribution in [0.5, 0.6) is 17.2 Å². The second-order valence-corrected chi connectivity index (χ2v) is 4.37. The summed E-state index contributed by atoms with van der Waals surface area (Å²) in [6.07, 6.45) is 0. The third-order valence-electron chi connectivity index (χ3n) is 3.29. The van der Waals surface area contributed by atoms with E-state index in [1.54, 1.807) is 27.4 Å². The molecule has 0 aliphatic carbocycles. The van der Waals surface area contributed by atoms with Crippen LogP contribution in [-0.2, 0) is 6.54 Å². The van der Waals surface area contributed by atoms with Gasteiger partial charge in [-0.2, -0.15) is 0 Å². The van der Waals surface area contributed by atoms with Crippen molar-refractivity contribution in [1.29, 1.82) is 0 Å². The van der Waals surface area contributed by atoms with Crippen molar-refractivity contribution in [1.82, 2.24) is 4.90 Å². The molecule has 126 valence electrons. The number of nitrogens with zero attached hydrogens (tertiary/aromatic N) is 2. The Morgan fingerprint density at radius 1 is 1.00 bits per heavy atom. The summed E-state index contributed by atoms with van der Waals surface area (Å²) in [6, 6.07) is 3.65. The Bertz CT molecular complexity index is 491. The van der Waals surface area contributed by atoms with Crippen LogP contribution >= 0.6 is 24.0 Å². The van der Waals surface area contributed by atoms with Gasteiger partial charge in [-0.1, -0.05) is 0 Å². The molecule has 1 aromatic rings. The average Bonchev–Trinajstić information content (AvgIpc) is 2.52. The van der Waals surface area contributed by atoms with Gasteiger partial charge in [0.15, 0.2) is 17.5 Å². The smallest absolute Gasteiger partial charge is 0.191 e. The third kappa shape index (κ3) is 5.11. The van der Waals surface area contributed by atoms with Gasteiger partial charge in [0.2, 0.25) is 0 Å². The summed E-state index contributed by atoms with van der Waals surface area (Å²) < 4.78 is 15.9. The molecular weight excluding hydrogens is 397 g/mol. The second-order valence-electron chi connectivity index (χ2n) is 4.37. The van der Waals surface area contributed by atoms with Crippen molar-refractivity contribution in [3.8, 4) is 17.2 Å². The first-order chi connectivity index (χ1) is 10.1. The van der Waals surface area contributed by atoms with E-state index >= 15 is 0 Å². The SMILES string of the molecule is CCN(CC)C(N)=NCc1cc(OC)c(OC)cc1OC.I. The lowest BCUT2D eigenvalue weighted by atomic mass is 10.1. The van der Waals surface area contributed by atoms with Crippen LogP contribution in [0.2, 0.25) is 0 Å². The summed E-state index contributed by atoms with van der Waals surface area (Å²) in [5.41, 5.74) is 6.88. The predicted octanol–water partition coefficient (Wildman–Crippen LogP) is 2.49. The molecule has 6 nitrogen and oxygen atoms in total. The van der Waals surface area contributed by atoms with E-state index in [2.05, 4.69) is 4.99 Å². The summed E-state index contributed by atoms with van der Waals surface area (Å²) >= 11 is 0. The molecule has 0 spiro atoms. The lowest BCUT2D eigenvalue weighted by Gasteiger charge is -2.19. The number of hydrogen-bond donors (Lipinski definition) is 1. The minimum atomic E-state index is 0. The molecule has 0 unspecified atom stereocenters. The van der Waals surface area contributed by atoms with E-state index in [1.807, 2.05) is 24.8 Å². The Labute approximate surface area is 149 Å². The van der Waals surface area contributed by atoms with Crippen LogP contribution in [-0.4, -0.2) is 45.3 Å². The Hall–Kier alpha value is -1.38. The molecule has 7 heteroatoms. The van der Waals surface area contributed by atoms with Crippen molar-refractivity contribution in [2.45, 2.75) is 20.4 Å². The van der Waals surface area contributed by atoms with Crippen LogP contribution in [0, 0.1) is 0 Å². The zero-order valence-corrected chi connectivity index (χ0v) is 16.2. The molecule has 2 N–H and O–H groups in total. The van der Waals surface area contributed by atoms with E-state index in [4.69, 9.17) is 19.9 Å². The van der Waals surface area contributed by atoms with Crippen molar-refractivity contribution < 1.29 is 14.2 Å². The molecule has 0 aromatic heterocycles. The fraction of sp³-hybridized carbons (Fsp3) is 0.533. The van der Waals surface area contributed by atoms with Crippen LogP contribution in [0.25, 0.3) is 0 Å². The molecule has 0 aliphatic heterocycles. The average molecular weight is 423 g/mol. The summed E-state index contributed by atoms with van der Waals surface area (Å²) in [5, 5.41) is 0. The maximum atomic E-state index is 5.98. The van der Waals surface area contributed by atoms with Crippen molar-refractivity contribution in [2.24, 2.45) is 10.7 Å². The summed E-state index contributed by atoms with van der Waals surface area (Å²) in [5.74, 6) is 2.49. The van der Waals surface area contributed by atoms with E-state index in [-0.39, 0.29) is 24.0 Å². The number of rotatable bonds is 7. The number of halogens is 1. The van der Waals surface area contributed by atoms with Gasteiger partial charge in [-0.05, 0) is 19.9 Å². The molecule has 0 atom stereocenters. The van der Waals surface area contributed by atoms with Gasteiger partial charge in [-0.25, -0.2) is 4.99 Å². The van der Waals surface area contributed by atoms with Crippen LogP contribution in [0.4, 0.5) is 0 Å².